The van der Waals surface area contributed by atoms with E-state index in [2.05, 4.69) is 10.0 Å². The minimum atomic E-state index is -1.20. The Kier molecular flexibility index (Phi) is 3.68. The van der Waals surface area contributed by atoms with E-state index in [4.69, 9.17) is 15.4 Å². The molecule has 0 aliphatic carbocycles. The summed E-state index contributed by atoms with van der Waals surface area (Å²) in [4.78, 5) is 2.53. The van der Waals surface area contributed by atoms with Gasteiger partial charge < -0.3 is 20.1 Å². The molecular weight excluding hydrogens is 190 g/mol. The summed E-state index contributed by atoms with van der Waals surface area (Å²) < 4.78 is 5.16. The Hall–Kier alpha value is -0.850. The molecule has 1 rings (SSSR count). The third-order valence-corrected chi connectivity index (χ3v) is 2.32. The molecule has 14 heavy (non-hydrogen) atoms. The molecule has 0 amide bonds. The lowest BCUT2D eigenvalue weighted by Crippen LogP contribution is -2.56. The van der Waals surface area contributed by atoms with Crippen molar-refractivity contribution >= 4 is 0 Å². The molecule has 2 unspecified atom stereocenters. The maximum Gasteiger partial charge on any atom is 0.106 e. The molecule has 0 aromatic carbocycles. The van der Waals surface area contributed by atoms with E-state index in [1.165, 1.54) is 0 Å². The van der Waals surface area contributed by atoms with Crippen LogP contribution in [0.3, 0.4) is 0 Å². The first-order chi connectivity index (χ1) is 6.61. The van der Waals surface area contributed by atoms with E-state index in [1.807, 2.05) is 0 Å². The largest absolute Gasteiger partial charge is 0.394 e. The standard InChI is InChI=1S/C7H13N3O4/c1-3-6(12)7(13)5(9-10-8)4(2-11)14-3/h3-7,11-13H,2H2,1H3/t3-,4?,5-,6-,7?/m1/s1. The van der Waals surface area contributed by atoms with E-state index >= 15 is 0 Å². The topological polar surface area (TPSA) is 119 Å². The summed E-state index contributed by atoms with van der Waals surface area (Å²) in [5.41, 5.74) is 8.23. The maximum absolute atomic E-state index is 9.53. The summed E-state index contributed by atoms with van der Waals surface area (Å²) >= 11 is 0. The molecule has 0 spiro atoms. The third kappa shape index (κ3) is 1.97. The number of azide groups is 1. The fourth-order valence-corrected chi connectivity index (χ4v) is 1.49. The second-order valence-corrected chi connectivity index (χ2v) is 3.24. The van der Waals surface area contributed by atoms with Gasteiger partial charge in [0.15, 0.2) is 0 Å². The molecule has 0 bridgehead atoms. The highest BCUT2D eigenvalue weighted by Crippen LogP contribution is 2.23. The highest BCUT2D eigenvalue weighted by Gasteiger charge is 2.41. The number of ether oxygens (including phenoxy) is 1. The van der Waals surface area contributed by atoms with Crippen LogP contribution in [-0.4, -0.2) is 52.4 Å². The van der Waals surface area contributed by atoms with Crippen molar-refractivity contribution in [3.05, 3.63) is 10.4 Å². The minimum absolute atomic E-state index is 0.363. The van der Waals surface area contributed by atoms with Gasteiger partial charge in [0.2, 0.25) is 0 Å². The number of rotatable bonds is 2. The number of nitrogens with zero attached hydrogens (tertiary/aromatic N) is 3. The van der Waals surface area contributed by atoms with Gasteiger partial charge in [-0.2, -0.15) is 0 Å². The Balaban J connectivity index is 2.82. The number of aliphatic hydroxyl groups excluding tert-OH is 3. The van der Waals surface area contributed by atoms with Crippen molar-refractivity contribution in [1.82, 2.24) is 0 Å². The van der Waals surface area contributed by atoms with Crippen LogP contribution in [0.1, 0.15) is 6.92 Å². The first-order valence-electron chi connectivity index (χ1n) is 4.28. The second kappa shape index (κ2) is 4.59. The zero-order valence-electron chi connectivity index (χ0n) is 7.69. The van der Waals surface area contributed by atoms with E-state index in [-0.39, 0.29) is 6.61 Å². The number of hydrogen-bond donors (Lipinski definition) is 3. The first-order valence-corrected chi connectivity index (χ1v) is 4.28. The minimum Gasteiger partial charge on any atom is -0.394 e. The summed E-state index contributed by atoms with van der Waals surface area (Å²) in [7, 11) is 0. The van der Waals surface area contributed by atoms with Crippen LogP contribution in [0.25, 0.3) is 10.4 Å². The van der Waals surface area contributed by atoms with Gasteiger partial charge in [0, 0.05) is 4.91 Å². The van der Waals surface area contributed by atoms with Crippen LogP contribution in [0, 0.1) is 0 Å². The normalized spacial score (nSPS) is 43.0. The van der Waals surface area contributed by atoms with Crippen molar-refractivity contribution in [2.75, 3.05) is 6.61 Å². The van der Waals surface area contributed by atoms with Crippen LogP contribution in [0.4, 0.5) is 0 Å². The molecule has 1 aliphatic rings. The Bertz CT molecular complexity index is 241. The molecule has 1 saturated heterocycles. The van der Waals surface area contributed by atoms with E-state index < -0.39 is 30.5 Å². The molecular formula is C7H13N3O4. The van der Waals surface area contributed by atoms with Gasteiger partial charge >= 0.3 is 0 Å². The lowest BCUT2D eigenvalue weighted by atomic mass is 9.94. The molecule has 80 valence electrons. The lowest BCUT2D eigenvalue weighted by molar-refractivity contribution is -0.180. The van der Waals surface area contributed by atoms with Crippen LogP contribution >= 0.6 is 0 Å². The molecule has 0 aromatic rings. The fraction of sp³-hybridized carbons (Fsp3) is 1.00. The van der Waals surface area contributed by atoms with Crippen LogP contribution in [0.2, 0.25) is 0 Å². The average Bonchev–Trinajstić information content (AvgIpc) is 2.19. The van der Waals surface area contributed by atoms with E-state index in [9.17, 15) is 10.2 Å². The van der Waals surface area contributed by atoms with Crippen LogP contribution < -0.4 is 0 Å². The Morgan fingerprint density at radius 3 is 2.57 bits per heavy atom. The Labute approximate surface area is 80.6 Å². The van der Waals surface area contributed by atoms with E-state index in [1.54, 1.807) is 6.92 Å². The van der Waals surface area contributed by atoms with Gasteiger partial charge in [0.05, 0.1) is 31.0 Å². The van der Waals surface area contributed by atoms with Crippen molar-refractivity contribution in [2.24, 2.45) is 5.11 Å². The van der Waals surface area contributed by atoms with E-state index in [0.717, 1.165) is 0 Å². The predicted molar refractivity (Wildman–Crippen MR) is 46.4 cm³/mol. The first kappa shape index (κ1) is 11.2. The van der Waals surface area contributed by atoms with Gasteiger partial charge in [-0.15, -0.1) is 0 Å². The van der Waals surface area contributed by atoms with Gasteiger partial charge in [0.25, 0.3) is 0 Å². The predicted octanol–water partition coefficient (Wildman–Crippen LogP) is -0.833. The highest BCUT2D eigenvalue weighted by atomic mass is 16.5. The smallest absolute Gasteiger partial charge is 0.106 e. The average molecular weight is 203 g/mol. The maximum atomic E-state index is 9.53. The molecule has 7 nitrogen and oxygen atoms in total. The quantitative estimate of drug-likeness (QED) is 0.308. The zero-order chi connectivity index (χ0) is 10.7. The van der Waals surface area contributed by atoms with Crippen LogP contribution in [0.5, 0.6) is 0 Å². The van der Waals surface area contributed by atoms with Crippen molar-refractivity contribution in [1.29, 1.82) is 0 Å². The summed E-state index contributed by atoms with van der Waals surface area (Å²) in [6, 6.07) is -0.948. The molecule has 1 aliphatic heterocycles. The summed E-state index contributed by atoms with van der Waals surface area (Å²) in [6.07, 6.45) is -3.66. The highest BCUT2D eigenvalue weighted by molar-refractivity contribution is 4.95. The fourth-order valence-electron chi connectivity index (χ4n) is 1.49. The lowest BCUT2D eigenvalue weighted by Gasteiger charge is -2.39. The van der Waals surface area contributed by atoms with Gasteiger partial charge in [-0.1, -0.05) is 5.11 Å². The number of aliphatic hydroxyl groups is 3. The zero-order valence-corrected chi connectivity index (χ0v) is 7.69. The second-order valence-electron chi connectivity index (χ2n) is 3.24. The molecule has 3 N–H and O–H groups in total. The summed E-state index contributed by atoms with van der Waals surface area (Å²) in [5, 5.41) is 31.1. The van der Waals surface area contributed by atoms with Gasteiger partial charge in [-0.25, -0.2) is 0 Å². The third-order valence-electron chi connectivity index (χ3n) is 2.32. The molecule has 0 aromatic heterocycles. The SMILES string of the molecule is C[C@H]1OC(CO)[C@@H](N=[N+]=[N-])C(O)[C@@H]1O. The monoisotopic (exact) mass is 203 g/mol. The van der Waals surface area contributed by atoms with Crippen molar-refractivity contribution in [2.45, 2.75) is 37.4 Å². The molecule has 5 atom stereocenters. The number of hydrogen-bond acceptors (Lipinski definition) is 5. The molecule has 1 heterocycles. The summed E-state index contributed by atoms with van der Waals surface area (Å²) in [5.74, 6) is 0. The van der Waals surface area contributed by atoms with Gasteiger partial charge in [-0.05, 0) is 12.5 Å². The van der Waals surface area contributed by atoms with Gasteiger partial charge in [-0.3, -0.25) is 0 Å². The molecule has 0 saturated carbocycles. The van der Waals surface area contributed by atoms with Crippen LogP contribution in [0.15, 0.2) is 5.11 Å². The molecule has 0 radical (unpaired) electrons. The van der Waals surface area contributed by atoms with E-state index in [0.29, 0.717) is 0 Å². The van der Waals surface area contributed by atoms with Crippen molar-refractivity contribution in [3.63, 3.8) is 0 Å². The van der Waals surface area contributed by atoms with Crippen LogP contribution in [-0.2, 0) is 4.74 Å². The molecule has 1 fully saturated rings. The van der Waals surface area contributed by atoms with Gasteiger partial charge in [0.1, 0.15) is 6.10 Å². The van der Waals surface area contributed by atoms with Crippen molar-refractivity contribution < 1.29 is 20.1 Å². The summed E-state index contributed by atoms with van der Waals surface area (Å²) in [6.45, 7) is 1.21. The Morgan fingerprint density at radius 1 is 1.43 bits per heavy atom. The molecule has 7 heteroatoms. The Morgan fingerprint density at radius 2 is 2.07 bits per heavy atom. The van der Waals surface area contributed by atoms with Crippen molar-refractivity contribution in [3.8, 4) is 0 Å².